The second kappa shape index (κ2) is 10.3. The molecule has 0 aliphatic carbocycles. The zero-order chi connectivity index (χ0) is 27.1. The molecule has 0 bridgehead atoms. The van der Waals surface area contributed by atoms with Gasteiger partial charge in [-0.05, 0) is 97.4 Å². The molecule has 4 aromatic heterocycles. The van der Waals surface area contributed by atoms with E-state index >= 15 is 0 Å². The van der Waals surface area contributed by atoms with Crippen molar-refractivity contribution in [3.63, 3.8) is 0 Å². The summed E-state index contributed by atoms with van der Waals surface area (Å²) in [5.74, 6) is 0. The van der Waals surface area contributed by atoms with Gasteiger partial charge in [0.05, 0.1) is 23.1 Å². The van der Waals surface area contributed by atoms with E-state index in [-0.39, 0.29) is 0 Å². The third-order valence-electron chi connectivity index (χ3n) is 8.25. The first-order valence-corrected chi connectivity index (χ1v) is 14.1. The van der Waals surface area contributed by atoms with Crippen LogP contribution in [0.3, 0.4) is 0 Å². The van der Waals surface area contributed by atoms with Crippen molar-refractivity contribution in [2.75, 3.05) is 18.4 Å². The van der Waals surface area contributed by atoms with Gasteiger partial charge < -0.3 is 5.32 Å². The molecule has 40 heavy (non-hydrogen) atoms. The molecule has 0 spiro atoms. The van der Waals surface area contributed by atoms with Gasteiger partial charge in [0.2, 0.25) is 0 Å². The number of aryl methyl sites for hydroxylation is 1. The van der Waals surface area contributed by atoms with Crippen molar-refractivity contribution < 1.29 is 0 Å². The number of hydrogen-bond acceptors (Lipinski definition) is 6. The van der Waals surface area contributed by atoms with Crippen LogP contribution in [0.1, 0.15) is 43.0 Å². The summed E-state index contributed by atoms with van der Waals surface area (Å²) in [7, 11) is 2.02. The molecule has 7 heteroatoms. The molecule has 7 nitrogen and oxygen atoms in total. The van der Waals surface area contributed by atoms with Gasteiger partial charge in [-0.1, -0.05) is 12.5 Å². The summed E-state index contributed by atoms with van der Waals surface area (Å²) in [5.41, 5.74) is 12.5. The van der Waals surface area contributed by atoms with E-state index in [9.17, 15) is 0 Å². The number of likely N-dealkylation sites (tertiary alicyclic amines) is 1. The summed E-state index contributed by atoms with van der Waals surface area (Å²) in [6.07, 6.45) is 16.3. The molecule has 5 aromatic rings. The molecule has 7 rings (SSSR count). The Kier molecular flexibility index (Phi) is 6.36. The highest BCUT2D eigenvalue weighted by atomic mass is 15.3. The molecular weight excluding hydrogens is 494 g/mol. The zero-order valence-corrected chi connectivity index (χ0v) is 23.1. The van der Waals surface area contributed by atoms with Gasteiger partial charge in [0, 0.05) is 61.1 Å². The van der Waals surface area contributed by atoms with Gasteiger partial charge in [-0.25, -0.2) is 0 Å². The van der Waals surface area contributed by atoms with Crippen LogP contribution in [0.2, 0.25) is 0 Å². The van der Waals surface area contributed by atoms with Crippen LogP contribution in [-0.4, -0.2) is 42.7 Å². The number of allylic oxidation sites excluding steroid dienone is 1. The van der Waals surface area contributed by atoms with Gasteiger partial charge in [-0.3, -0.25) is 24.5 Å². The Morgan fingerprint density at radius 3 is 2.50 bits per heavy atom. The summed E-state index contributed by atoms with van der Waals surface area (Å²) in [6.45, 7) is 5.52. The molecule has 0 radical (unpaired) electrons. The number of pyridine rings is 3. The Bertz CT molecular complexity index is 1730. The number of piperidine rings is 1. The fraction of sp³-hybridized carbons (Fsp3) is 0.273. The Morgan fingerprint density at radius 1 is 0.825 bits per heavy atom. The standard InChI is InChI=1S/C33H33N7/c1-22-14-27-29(24-8-10-34-11-9-24)19-36-20-30(27)37-32(22)33-28-16-25(6-7-31(28)39(2)38-33)26-15-23(17-35-18-26)21-40-12-4-3-5-13-40/h6-11,15-20,37H,3-5,12-14,21H2,1-2H3. The van der Waals surface area contributed by atoms with Crippen LogP contribution in [0, 0.1) is 0 Å². The molecule has 1 fully saturated rings. The first-order chi connectivity index (χ1) is 19.6. The average Bonchev–Trinajstić information content (AvgIpc) is 3.33. The molecule has 1 N–H and O–H groups in total. The lowest BCUT2D eigenvalue weighted by molar-refractivity contribution is 0.220. The van der Waals surface area contributed by atoms with Gasteiger partial charge in [0.1, 0.15) is 5.69 Å². The number of nitrogens with one attached hydrogen (secondary N) is 1. The molecule has 2 aliphatic rings. The van der Waals surface area contributed by atoms with Crippen LogP contribution < -0.4 is 5.32 Å². The molecule has 1 saturated heterocycles. The van der Waals surface area contributed by atoms with Crippen LogP contribution >= 0.6 is 0 Å². The maximum Gasteiger partial charge on any atom is 0.116 e. The van der Waals surface area contributed by atoms with E-state index in [1.807, 2.05) is 61.0 Å². The highest BCUT2D eigenvalue weighted by Crippen LogP contribution is 2.39. The van der Waals surface area contributed by atoms with Gasteiger partial charge >= 0.3 is 0 Å². The minimum Gasteiger partial charge on any atom is -0.352 e. The number of benzene rings is 1. The largest absolute Gasteiger partial charge is 0.352 e. The van der Waals surface area contributed by atoms with Crippen LogP contribution in [0.25, 0.3) is 38.9 Å². The number of aromatic nitrogens is 5. The number of hydrogen-bond donors (Lipinski definition) is 1. The lowest BCUT2D eigenvalue weighted by Crippen LogP contribution is -2.29. The molecule has 6 heterocycles. The molecule has 0 atom stereocenters. The molecule has 0 unspecified atom stereocenters. The molecule has 2 aliphatic heterocycles. The molecule has 0 amide bonds. The van der Waals surface area contributed by atoms with Crippen LogP contribution in [0.15, 0.2) is 79.2 Å². The van der Waals surface area contributed by atoms with E-state index < -0.39 is 0 Å². The maximum absolute atomic E-state index is 4.99. The van der Waals surface area contributed by atoms with Crippen molar-refractivity contribution in [3.8, 4) is 22.3 Å². The van der Waals surface area contributed by atoms with E-state index in [4.69, 9.17) is 5.10 Å². The Morgan fingerprint density at radius 2 is 1.65 bits per heavy atom. The van der Waals surface area contributed by atoms with Crippen molar-refractivity contribution in [3.05, 3.63) is 96.0 Å². The minimum absolute atomic E-state index is 0.831. The van der Waals surface area contributed by atoms with E-state index in [0.717, 1.165) is 63.2 Å². The van der Waals surface area contributed by atoms with E-state index in [0.29, 0.717) is 0 Å². The highest BCUT2D eigenvalue weighted by molar-refractivity contribution is 5.98. The Labute approximate surface area is 234 Å². The second-order valence-electron chi connectivity index (χ2n) is 11.0. The lowest BCUT2D eigenvalue weighted by Gasteiger charge is -2.26. The first-order valence-electron chi connectivity index (χ1n) is 14.1. The minimum atomic E-state index is 0.831. The summed E-state index contributed by atoms with van der Waals surface area (Å²) < 4.78 is 1.97. The van der Waals surface area contributed by atoms with E-state index in [1.54, 1.807) is 0 Å². The number of rotatable bonds is 5. The highest BCUT2D eigenvalue weighted by Gasteiger charge is 2.24. The zero-order valence-electron chi connectivity index (χ0n) is 23.1. The quantitative estimate of drug-likeness (QED) is 0.282. The van der Waals surface area contributed by atoms with Crippen molar-refractivity contribution in [2.45, 2.75) is 39.2 Å². The van der Waals surface area contributed by atoms with Gasteiger partial charge in [-0.15, -0.1) is 0 Å². The Balaban J connectivity index is 1.24. The normalized spacial score (nSPS) is 15.8. The van der Waals surface area contributed by atoms with Crippen LogP contribution in [0.4, 0.5) is 5.69 Å². The van der Waals surface area contributed by atoms with Crippen molar-refractivity contribution in [1.29, 1.82) is 0 Å². The summed E-state index contributed by atoms with van der Waals surface area (Å²) >= 11 is 0. The summed E-state index contributed by atoms with van der Waals surface area (Å²) in [4.78, 5) is 15.9. The monoisotopic (exact) mass is 527 g/mol. The fourth-order valence-electron chi connectivity index (χ4n) is 6.16. The number of nitrogens with zero attached hydrogens (tertiary/aromatic N) is 6. The van der Waals surface area contributed by atoms with Gasteiger partial charge in [0.25, 0.3) is 0 Å². The van der Waals surface area contributed by atoms with E-state index in [2.05, 4.69) is 56.4 Å². The van der Waals surface area contributed by atoms with Gasteiger partial charge in [-0.2, -0.15) is 5.10 Å². The Hall–Kier alpha value is -4.36. The molecule has 0 saturated carbocycles. The molecular formula is C33H33N7. The van der Waals surface area contributed by atoms with Crippen molar-refractivity contribution in [2.24, 2.45) is 7.05 Å². The van der Waals surface area contributed by atoms with Crippen molar-refractivity contribution in [1.82, 2.24) is 29.6 Å². The summed E-state index contributed by atoms with van der Waals surface area (Å²) in [5, 5.41) is 9.82. The topological polar surface area (TPSA) is 71.8 Å². The molecule has 200 valence electrons. The lowest BCUT2D eigenvalue weighted by atomic mass is 9.91. The predicted molar refractivity (Wildman–Crippen MR) is 160 cm³/mol. The fourth-order valence-corrected chi connectivity index (χ4v) is 6.16. The summed E-state index contributed by atoms with van der Waals surface area (Å²) in [6, 6.07) is 13.0. The van der Waals surface area contributed by atoms with Crippen LogP contribution in [-0.2, 0) is 20.0 Å². The molecule has 1 aromatic carbocycles. The predicted octanol–water partition coefficient (Wildman–Crippen LogP) is 6.48. The third-order valence-corrected chi connectivity index (χ3v) is 8.25. The van der Waals surface area contributed by atoms with Gasteiger partial charge in [0.15, 0.2) is 0 Å². The third kappa shape index (κ3) is 4.56. The van der Waals surface area contributed by atoms with E-state index in [1.165, 1.54) is 49.1 Å². The SMILES string of the molecule is CC1=C(c2nn(C)c3ccc(-c4cncc(CN5CCCCC5)c4)cc23)Nc2cncc(-c3ccncc3)c2C1. The number of fused-ring (bicyclic) bond motifs is 2. The van der Waals surface area contributed by atoms with Crippen molar-refractivity contribution >= 4 is 22.3 Å². The average molecular weight is 528 g/mol. The maximum atomic E-state index is 4.99. The smallest absolute Gasteiger partial charge is 0.116 e. The number of anilines is 1. The second-order valence-corrected chi connectivity index (χ2v) is 11.0. The van der Waals surface area contributed by atoms with Crippen LogP contribution in [0.5, 0.6) is 0 Å². The first kappa shape index (κ1) is 24.7.